The van der Waals surface area contributed by atoms with E-state index in [1.807, 2.05) is 66.2 Å². The van der Waals surface area contributed by atoms with Crippen molar-refractivity contribution in [1.82, 2.24) is 9.55 Å². The fraction of sp³-hybridized carbons (Fsp3) is 0.273. The zero-order chi connectivity index (χ0) is 19.6. The Morgan fingerprint density at radius 2 is 1.79 bits per heavy atom. The van der Waals surface area contributed by atoms with E-state index in [0.29, 0.717) is 44.0 Å². The molecule has 0 saturated heterocycles. The summed E-state index contributed by atoms with van der Waals surface area (Å²) in [4.78, 5) is 16.3. The Morgan fingerprint density at radius 3 is 2.57 bits per heavy atom. The zero-order valence-corrected chi connectivity index (χ0v) is 16.0. The molecule has 28 heavy (non-hydrogen) atoms. The highest BCUT2D eigenvalue weighted by molar-refractivity contribution is 5.92. The summed E-state index contributed by atoms with van der Waals surface area (Å²) in [6.07, 6.45) is 6.39. The first-order valence-corrected chi connectivity index (χ1v) is 9.38. The number of aromatic nitrogens is 2. The lowest BCUT2D eigenvalue weighted by atomic mass is 10.2. The second kappa shape index (κ2) is 10.2. The second-order valence-corrected chi connectivity index (χ2v) is 6.41. The fourth-order valence-electron chi connectivity index (χ4n) is 2.72. The van der Waals surface area contributed by atoms with Gasteiger partial charge in [-0.1, -0.05) is 30.3 Å². The quantitative estimate of drug-likeness (QED) is 0.539. The van der Waals surface area contributed by atoms with Gasteiger partial charge in [-0.05, 0) is 37.1 Å². The van der Waals surface area contributed by atoms with Gasteiger partial charge in [-0.25, -0.2) is 4.98 Å². The SMILES string of the molecule is Cc1ccccc1OCCCC(=O)Nc1ccccc1OCCn1ccnc1. The highest BCUT2D eigenvalue weighted by Crippen LogP contribution is 2.24. The van der Waals surface area contributed by atoms with E-state index in [1.54, 1.807) is 12.5 Å². The Hall–Kier alpha value is -3.28. The van der Waals surface area contributed by atoms with Crippen LogP contribution in [0, 0.1) is 6.92 Å². The van der Waals surface area contributed by atoms with Gasteiger partial charge in [0.15, 0.2) is 0 Å². The van der Waals surface area contributed by atoms with Crippen molar-refractivity contribution in [3.63, 3.8) is 0 Å². The zero-order valence-electron chi connectivity index (χ0n) is 16.0. The third kappa shape index (κ3) is 5.87. The number of aryl methyl sites for hydroxylation is 1. The Morgan fingerprint density at radius 1 is 1.04 bits per heavy atom. The van der Waals surface area contributed by atoms with Crippen molar-refractivity contribution in [3.8, 4) is 11.5 Å². The van der Waals surface area contributed by atoms with E-state index in [-0.39, 0.29) is 5.91 Å². The topological polar surface area (TPSA) is 65.4 Å². The number of anilines is 1. The predicted octanol–water partition coefficient (Wildman–Crippen LogP) is 4.07. The molecule has 1 N–H and O–H groups in total. The molecule has 0 bridgehead atoms. The van der Waals surface area contributed by atoms with Crippen molar-refractivity contribution in [2.24, 2.45) is 0 Å². The van der Waals surface area contributed by atoms with E-state index >= 15 is 0 Å². The van der Waals surface area contributed by atoms with Crippen LogP contribution in [0.1, 0.15) is 18.4 Å². The van der Waals surface area contributed by atoms with Crippen LogP contribution in [0.4, 0.5) is 5.69 Å². The maximum atomic E-state index is 12.3. The van der Waals surface area contributed by atoms with Gasteiger partial charge in [0.25, 0.3) is 0 Å². The minimum absolute atomic E-state index is 0.0564. The lowest BCUT2D eigenvalue weighted by Gasteiger charge is -2.13. The average Bonchev–Trinajstić information content (AvgIpc) is 3.21. The molecule has 0 spiro atoms. The van der Waals surface area contributed by atoms with Gasteiger partial charge in [0.05, 0.1) is 25.2 Å². The number of nitrogens with zero attached hydrogens (tertiary/aromatic N) is 2. The molecule has 0 saturated carbocycles. The van der Waals surface area contributed by atoms with Crippen LogP contribution in [0.15, 0.2) is 67.3 Å². The highest BCUT2D eigenvalue weighted by atomic mass is 16.5. The van der Waals surface area contributed by atoms with Crippen molar-refractivity contribution in [2.75, 3.05) is 18.5 Å². The molecule has 6 heteroatoms. The summed E-state index contributed by atoms with van der Waals surface area (Å²) < 4.78 is 13.5. The Kier molecular flexibility index (Phi) is 7.07. The van der Waals surface area contributed by atoms with Crippen LogP contribution in [0.5, 0.6) is 11.5 Å². The van der Waals surface area contributed by atoms with Gasteiger partial charge >= 0.3 is 0 Å². The number of carbonyl (C=O) groups excluding carboxylic acids is 1. The van der Waals surface area contributed by atoms with Gasteiger partial charge in [0, 0.05) is 18.8 Å². The minimum Gasteiger partial charge on any atom is -0.493 e. The van der Waals surface area contributed by atoms with Gasteiger partial charge in [0.1, 0.15) is 18.1 Å². The number of amides is 1. The third-order valence-electron chi connectivity index (χ3n) is 4.23. The normalized spacial score (nSPS) is 10.5. The highest BCUT2D eigenvalue weighted by Gasteiger charge is 2.08. The van der Waals surface area contributed by atoms with Gasteiger partial charge < -0.3 is 19.4 Å². The monoisotopic (exact) mass is 379 g/mol. The molecule has 0 fully saturated rings. The van der Waals surface area contributed by atoms with E-state index in [9.17, 15) is 4.79 Å². The molecule has 6 nitrogen and oxygen atoms in total. The number of hydrogen-bond acceptors (Lipinski definition) is 4. The summed E-state index contributed by atoms with van der Waals surface area (Å²) in [5, 5.41) is 2.93. The van der Waals surface area contributed by atoms with Crippen LogP contribution in [-0.2, 0) is 11.3 Å². The number of rotatable bonds is 10. The van der Waals surface area contributed by atoms with Gasteiger partial charge in [0.2, 0.25) is 5.91 Å². The summed E-state index contributed by atoms with van der Waals surface area (Å²) in [5.41, 5.74) is 1.77. The van der Waals surface area contributed by atoms with E-state index in [2.05, 4.69) is 10.3 Å². The van der Waals surface area contributed by atoms with Crippen LogP contribution in [-0.4, -0.2) is 28.7 Å². The molecule has 0 aliphatic rings. The first-order valence-electron chi connectivity index (χ1n) is 9.38. The number of benzene rings is 2. The molecule has 0 aliphatic carbocycles. The molecule has 1 aromatic heterocycles. The molecule has 0 unspecified atom stereocenters. The number of nitrogens with one attached hydrogen (secondary N) is 1. The second-order valence-electron chi connectivity index (χ2n) is 6.41. The average molecular weight is 379 g/mol. The maximum Gasteiger partial charge on any atom is 0.224 e. The van der Waals surface area contributed by atoms with Crippen molar-refractivity contribution in [2.45, 2.75) is 26.3 Å². The standard InChI is InChI=1S/C22H25N3O3/c1-18-7-2-4-9-20(18)27-15-6-11-22(26)24-19-8-3-5-10-21(19)28-16-14-25-13-12-23-17-25/h2-5,7-10,12-13,17H,6,11,14-16H2,1H3,(H,24,26). The molecular weight excluding hydrogens is 354 g/mol. The summed E-state index contributed by atoms with van der Waals surface area (Å²) in [6.45, 7) is 3.69. The van der Waals surface area contributed by atoms with Crippen LogP contribution < -0.4 is 14.8 Å². The van der Waals surface area contributed by atoms with E-state index in [1.165, 1.54) is 0 Å². The van der Waals surface area contributed by atoms with E-state index < -0.39 is 0 Å². The van der Waals surface area contributed by atoms with Gasteiger partial charge in [-0.15, -0.1) is 0 Å². The minimum atomic E-state index is -0.0564. The molecule has 0 aliphatic heterocycles. The van der Waals surface area contributed by atoms with E-state index in [0.717, 1.165) is 11.3 Å². The number of ether oxygens (including phenoxy) is 2. The molecule has 0 radical (unpaired) electrons. The fourth-order valence-corrected chi connectivity index (χ4v) is 2.72. The molecule has 1 amide bonds. The molecule has 3 rings (SSSR count). The van der Waals surface area contributed by atoms with Crippen LogP contribution in [0.25, 0.3) is 0 Å². The number of carbonyl (C=O) groups is 1. The summed E-state index contributed by atoms with van der Waals surface area (Å²) in [7, 11) is 0. The molecule has 1 heterocycles. The van der Waals surface area contributed by atoms with Crippen LogP contribution in [0.2, 0.25) is 0 Å². The molecule has 146 valence electrons. The number of para-hydroxylation sites is 3. The molecular formula is C22H25N3O3. The number of imidazole rings is 1. The van der Waals surface area contributed by atoms with E-state index in [4.69, 9.17) is 9.47 Å². The van der Waals surface area contributed by atoms with Gasteiger partial charge in [-0.3, -0.25) is 4.79 Å². The molecule has 0 atom stereocenters. The lowest BCUT2D eigenvalue weighted by Crippen LogP contribution is -2.14. The molecule has 3 aromatic rings. The van der Waals surface area contributed by atoms with Crippen molar-refractivity contribution in [1.29, 1.82) is 0 Å². The maximum absolute atomic E-state index is 12.3. The lowest BCUT2D eigenvalue weighted by molar-refractivity contribution is -0.116. The number of hydrogen-bond donors (Lipinski definition) is 1. The largest absolute Gasteiger partial charge is 0.493 e. The molecule has 2 aromatic carbocycles. The van der Waals surface area contributed by atoms with Gasteiger partial charge in [-0.2, -0.15) is 0 Å². The van der Waals surface area contributed by atoms with Crippen LogP contribution >= 0.6 is 0 Å². The summed E-state index contributed by atoms with van der Waals surface area (Å²) in [6, 6.07) is 15.3. The van der Waals surface area contributed by atoms with Crippen molar-refractivity contribution in [3.05, 3.63) is 72.8 Å². The summed E-state index contributed by atoms with van der Waals surface area (Å²) >= 11 is 0. The Bertz CT molecular complexity index is 878. The third-order valence-corrected chi connectivity index (χ3v) is 4.23. The summed E-state index contributed by atoms with van der Waals surface area (Å²) in [5.74, 6) is 1.46. The predicted molar refractivity (Wildman–Crippen MR) is 109 cm³/mol. The van der Waals surface area contributed by atoms with Crippen molar-refractivity contribution < 1.29 is 14.3 Å². The Labute approximate surface area is 165 Å². The smallest absolute Gasteiger partial charge is 0.224 e. The van der Waals surface area contributed by atoms with Crippen LogP contribution in [0.3, 0.4) is 0 Å². The first-order chi connectivity index (χ1) is 13.7. The first kappa shape index (κ1) is 19.5. The Balaban J connectivity index is 1.42. The van der Waals surface area contributed by atoms with Crippen molar-refractivity contribution >= 4 is 11.6 Å².